The van der Waals surface area contributed by atoms with Crippen LogP contribution in [0.15, 0.2) is 64.4 Å². The molecule has 0 radical (unpaired) electrons. The minimum Gasteiger partial charge on any atom is -0.497 e. The molecule has 6 heteroatoms. The van der Waals surface area contributed by atoms with Gasteiger partial charge in [-0.3, -0.25) is 0 Å². The zero-order chi connectivity index (χ0) is 16.9. The van der Waals surface area contributed by atoms with Gasteiger partial charge in [0.15, 0.2) is 0 Å². The number of alkyl halides is 4. The van der Waals surface area contributed by atoms with Gasteiger partial charge in [-0.25, -0.2) is 0 Å². The number of hydrogen-bond acceptors (Lipinski definition) is 2. The summed E-state index contributed by atoms with van der Waals surface area (Å²) in [5.74, 6) is 0.392. The lowest BCUT2D eigenvalue weighted by Crippen LogP contribution is -2.13. The standard InChI is InChI=1S/C17H14BrF3OS/c1-22-13-7-5-6-12(10-13)16(17(19,20)21)15(11-18)23-14-8-3-2-4-9-14/h2-10H,11H2,1H3/b16-15-. The molecule has 0 aliphatic heterocycles. The maximum atomic E-state index is 13.6. The van der Waals surface area contributed by atoms with Gasteiger partial charge in [0.25, 0.3) is 0 Å². The molecule has 0 bridgehead atoms. The largest absolute Gasteiger partial charge is 0.497 e. The molecular formula is C17H14BrF3OS. The highest BCUT2D eigenvalue weighted by molar-refractivity contribution is 9.09. The van der Waals surface area contributed by atoms with Crippen LogP contribution in [0.2, 0.25) is 0 Å². The van der Waals surface area contributed by atoms with E-state index in [0.717, 1.165) is 16.7 Å². The minimum atomic E-state index is -4.46. The summed E-state index contributed by atoms with van der Waals surface area (Å²) in [7, 11) is 1.43. The van der Waals surface area contributed by atoms with Crippen molar-refractivity contribution >= 4 is 33.3 Å². The van der Waals surface area contributed by atoms with Crippen LogP contribution in [0.3, 0.4) is 0 Å². The first-order valence-electron chi connectivity index (χ1n) is 6.69. The van der Waals surface area contributed by atoms with E-state index in [4.69, 9.17) is 4.74 Å². The van der Waals surface area contributed by atoms with E-state index in [1.54, 1.807) is 36.4 Å². The minimum absolute atomic E-state index is 0.0923. The van der Waals surface area contributed by atoms with Gasteiger partial charge in [0.1, 0.15) is 5.75 Å². The molecule has 0 aliphatic rings. The molecule has 0 unspecified atom stereocenters. The number of hydrogen-bond donors (Lipinski definition) is 0. The Labute approximate surface area is 145 Å². The summed E-state index contributed by atoms with van der Waals surface area (Å²) < 4.78 is 46.0. The molecule has 122 valence electrons. The molecule has 0 aliphatic carbocycles. The van der Waals surface area contributed by atoms with Gasteiger partial charge in [-0.15, -0.1) is 0 Å². The predicted octanol–water partition coefficient (Wildman–Crippen LogP) is 6.16. The van der Waals surface area contributed by atoms with Crippen LogP contribution in [0.4, 0.5) is 13.2 Å². The SMILES string of the molecule is COc1cccc(/C(=C(\CBr)Sc2ccccc2)C(F)(F)F)c1. The molecule has 0 saturated heterocycles. The third-order valence-electron chi connectivity index (χ3n) is 3.03. The molecule has 0 N–H and O–H groups in total. The van der Waals surface area contributed by atoms with E-state index >= 15 is 0 Å². The van der Waals surface area contributed by atoms with Crippen LogP contribution in [0.1, 0.15) is 5.56 Å². The Morgan fingerprint density at radius 1 is 1.09 bits per heavy atom. The summed E-state index contributed by atoms with van der Waals surface area (Å²) in [6.45, 7) is 0. The van der Waals surface area contributed by atoms with Gasteiger partial charge >= 0.3 is 6.18 Å². The number of benzene rings is 2. The predicted molar refractivity (Wildman–Crippen MR) is 92.1 cm³/mol. The Bertz CT molecular complexity index is 684. The lowest BCUT2D eigenvalue weighted by Gasteiger charge is -2.17. The van der Waals surface area contributed by atoms with Crippen LogP contribution in [-0.4, -0.2) is 18.6 Å². The molecule has 2 rings (SSSR count). The van der Waals surface area contributed by atoms with E-state index < -0.39 is 11.7 Å². The van der Waals surface area contributed by atoms with E-state index in [-0.39, 0.29) is 15.8 Å². The number of halogens is 4. The summed E-state index contributed by atoms with van der Waals surface area (Å²) in [4.78, 5) is 0.962. The molecule has 0 aromatic heterocycles. The first kappa shape index (κ1) is 17.9. The Morgan fingerprint density at radius 2 is 1.78 bits per heavy atom. The van der Waals surface area contributed by atoms with Gasteiger partial charge in [-0.1, -0.05) is 58.0 Å². The summed E-state index contributed by atoms with van der Waals surface area (Å²) in [5, 5.41) is 0.110. The Balaban J connectivity index is 2.54. The maximum absolute atomic E-state index is 13.6. The van der Waals surface area contributed by atoms with E-state index in [9.17, 15) is 13.2 Å². The fourth-order valence-corrected chi connectivity index (χ4v) is 3.63. The third kappa shape index (κ3) is 4.78. The quantitative estimate of drug-likeness (QED) is 0.437. The summed E-state index contributed by atoms with van der Waals surface area (Å²) in [6, 6.07) is 15.0. The van der Waals surface area contributed by atoms with Crippen molar-refractivity contribution in [2.24, 2.45) is 0 Å². The second-order valence-electron chi connectivity index (χ2n) is 4.58. The number of thioether (sulfide) groups is 1. The van der Waals surface area contributed by atoms with E-state index in [1.165, 1.54) is 19.2 Å². The fourth-order valence-electron chi connectivity index (χ4n) is 2.04. The average molecular weight is 403 g/mol. The van der Waals surface area contributed by atoms with Crippen LogP contribution < -0.4 is 4.74 Å². The van der Waals surface area contributed by atoms with Crippen LogP contribution in [0, 0.1) is 0 Å². The zero-order valence-corrected chi connectivity index (χ0v) is 14.6. The topological polar surface area (TPSA) is 9.23 Å². The molecule has 0 atom stereocenters. The highest BCUT2D eigenvalue weighted by Crippen LogP contribution is 2.43. The van der Waals surface area contributed by atoms with Gasteiger partial charge in [0, 0.05) is 15.1 Å². The van der Waals surface area contributed by atoms with Crippen molar-refractivity contribution in [1.29, 1.82) is 0 Å². The average Bonchev–Trinajstić information content (AvgIpc) is 2.54. The van der Waals surface area contributed by atoms with E-state index in [1.807, 2.05) is 6.07 Å². The maximum Gasteiger partial charge on any atom is 0.417 e. The van der Waals surface area contributed by atoms with Crippen molar-refractivity contribution in [2.75, 3.05) is 12.4 Å². The smallest absolute Gasteiger partial charge is 0.417 e. The molecule has 0 heterocycles. The molecule has 1 nitrogen and oxygen atoms in total. The van der Waals surface area contributed by atoms with Crippen molar-refractivity contribution in [3.8, 4) is 5.75 Å². The van der Waals surface area contributed by atoms with Crippen molar-refractivity contribution in [2.45, 2.75) is 11.1 Å². The monoisotopic (exact) mass is 402 g/mol. The van der Waals surface area contributed by atoms with Crippen molar-refractivity contribution in [3.05, 3.63) is 65.1 Å². The molecular weight excluding hydrogens is 389 g/mol. The van der Waals surface area contributed by atoms with Crippen LogP contribution in [0.5, 0.6) is 5.75 Å². The second kappa shape index (κ2) is 7.93. The van der Waals surface area contributed by atoms with Gasteiger partial charge in [0.05, 0.1) is 12.7 Å². The Kier molecular flexibility index (Phi) is 6.18. The van der Waals surface area contributed by atoms with Crippen LogP contribution in [0.25, 0.3) is 5.57 Å². The number of ether oxygens (including phenoxy) is 1. The molecule has 0 saturated carbocycles. The lowest BCUT2D eigenvalue weighted by molar-refractivity contribution is -0.0691. The molecule has 0 amide bonds. The number of methoxy groups -OCH3 is 1. The highest BCUT2D eigenvalue weighted by Gasteiger charge is 2.37. The van der Waals surface area contributed by atoms with Gasteiger partial charge in [-0.2, -0.15) is 13.2 Å². The zero-order valence-electron chi connectivity index (χ0n) is 12.2. The molecule has 23 heavy (non-hydrogen) atoms. The molecule has 2 aromatic carbocycles. The van der Waals surface area contributed by atoms with Crippen LogP contribution >= 0.6 is 27.7 Å². The summed E-state index contributed by atoms with van der Waals surface area (Å²) in [5.41, 5.74) is -0.558. The molecule has 2 aromatic rings. The van der Waals surface area contributed by atoms with Gasteiger partial charge < -0.3 is 4.74 Å². The molecule has 0 spiro atoms. The normalized spacial score (nSPS) is 12.7. The fraction of sp³-hybridized carbons (Fsp3) is 0.176. The third-order valence-corrected chi connectivity index (χ3v) is 5.06. The lowest BCUT2D eigenvalue weighted by atomic mass is 10.1. The van der Waals surface area contributed by atoms with Gasteiger partial charge in [0.2, 0.25) is 0 Å². The number of rotatable bonds is 5. The highest BCUT2D eigenvalue weighted by atomic mass is 79.9. The van der Waals surface area contributed by atoms with Crippen molar-refractivity contribution in [1.82, 2.24) is 0 Å². The molecule has 0 fully saturated rings. The van der Waals surface area contributed by atoms with E-state index in [2.05, 4.69) is 15.9 Å². The second-order valence-corrected chi connectivity index (χ2v) is 6.31. The summed E-state index contributed by atoms with van der Waals surface area (Å²) >= 11 is 4.29. The first-order chi connectivity index (χ1) is 11.0. The summed E-state index contributed by atoms with van der Waals surface area (Å²) in [6.07, 6.45) is -4.46. The van der Waals surface area contributed by atoms with E-state index in [0.29, 0.717) is 5.75 Å². The van der Waals surface area contributed by atoms with Crippen molar-refractivity contribution in [3.63, 3.8) is 0 Å². The number of allylic oxidation sites excluding steroid dienone is 2. The van der Waals surface area contributed by atoms with Gasteiger partial charge in [-0.05, 0) is 29.8 Å². The van der Waals surface area contributed by atoms with Crippen LogP contribution in [-0.2, 0) is 0 Å². The Morgan fingerprint density at radius 3 is 2.35 bits per heavy atom. The Hall–Kier alpha value is -1.40. The first-order valence-corrected chi connectivity index (χ1v) is 8.63. The van der Waals surface area contributed by atoms with Crippen molar-refractivity contribution < 1.29 is 17.9 Å².